The monoisotopic (exact) mass is 360 g/mol. The van der Waals surface area contributed by atoms with Crippen LogP contribution in [0, 0.1) is 0 Å². The third kappa shape index (κ3) is 3.08. The molecule has 0 radical (unpaired) electrons. The van der Waals surface area contributed by atoms with E-state index in [-0.39, 0.29) is 5.91 Å². The molecule has 0 aliphatic rings. The van der Waals surface area contributed by atoms with E-state index in [2.05, 4.69) is 19.9 Å². The molecule has 0 atom stereocenters. The minimum atomic E-state index is 0.0101. The molecule has 0 bridgehead atoms. The minimum Gasteiger partial charge on any atom is -0.382 e. The minimum absolute atomic E-state index is 0.0101. The van der Waals surface area contributed by atoms with Gasteiger partial charge in [-0.15, -0.1) is 0 Å². The Hall–Kier alpha value is -3.48. The molecule has 0 fully saturated rings. The van der Waals surface area contributed by atoms with E-state index in [9.17, 15) is 4.79 Å². The number of carbonyl (C=O) groups excluding carboxylic acids is 1. The van der Waals surface area contributed by atoms with Gasteiger partial charge >= 0.3 is 0 Å². The molecule has 4 rings (SSSR count). The Bertz CT molecular complexity index is 1140. The highest BCUT2D eigenvalue weighted by molar-refractivity contribution is 6.07. The second-order valence-electron chi connectivity index (χ2n) is 6.41. The summed E-state index contributed by atoms with van der Waals surface area (Å²) in [6, 6.07) is 9.99. The molecule has 7 nitrogen and oxygen atoms in total. The maximum atomic E-state index is 11.7. The van der Waals surface area contributed by atoms with Gasteiger partial charge in [-0.3, -0.25) is 9.78 Å². The zero-order valence-corrected chi connectivity index (χ0v) is 15.2. The van der Waals surface area contributed by atoms with Crippen LogP contribution in [0.15, 0.2) is 42.7 Å². The number of pyridine rings is 2. The molecule has 0 aliphatic heterocycles. The quantitative estimate of drug-likeness (QED) is 0.582. The van der Waals surface area contributed by atoms with Gasteiger partial charge in [0.25, 0.3) is 0 Å². The zero-order valence-electron chi connectivity index (χ0n) is 15.2. The fourth-order valence-corrected chi connectivity index (χ4v) is 3.25. The van der Waals surface area contributed by atoms with Crippen LogP contribution < -0.4 is 5.73 Å². The van der Waals surface area contributed by atoms with E-state index in [4.69, 9.17) is 5.73 Å². The predicted octanol–water partition coefficient (Wildman–Crippen LogP) is 3.12. The maximum Gasteiger partial charge on any atom is 0.219 e. The van der Waals surface area contributed by atoms with E-state index < -0.39 is 0 Å². The summed E-state index contributed by atoms with van der Waals surface area (Å²) in [6.45, 7) is 4.53. The Morgan fingerprint density at radius 2 is 1.93 bits per heavy atom. The van der Waals surface area contributed by atoms with Crippen LogP contribution in [0.25, 0.3) is 33.1 Å². The first-order chi connectivity index (χ1) is 13.1. The third-order valence-corrected chi connectivity index (χ3v) is 4.68. The number of aromatic nitrogens is 4. The van der Waals surface area contributed by atoms with Crippen molar-refractivity contribution in [2.24, 2.45) is 0 Å². The fraction of sp³-hybridized carbons (Fsp3) is 0.200. The van der Waals surface area contributed by atoms with Crippen molar-refractivity contribution in [1.82, 2.24) is 24.8 Å². The average Bonchev–Trinajstić information content (AvgIpc) is 3.11. The zero-order chi connectivity index (χ0) is 19.0. The number of anilines is 1. The number of hydrogen-bond acceptors (Lipinski definition) is 5. The van der Waals surface area contributed by atoms with Crippen LogP contribution in [-0.4, -0.2) is 37.3 Å². The van der Waals surface area contributed by atoms with Crippen molar-refractivity contribution in [2.45, 2.75) is 20.4 Å². The lowest BCUT2D eigenvalue weighted by atomic mass is 10.0. The van der Waals surface area contributed by atoms with Gasteiger partial charge in [0.1, 0.15) is 11.3 Å². The van der Waals surface area contributed by atoms with Crippen molar-refractivity contribution < 1.29 is 4.79 Å². The van der Waals surface area contributed by atoms with E-state index in [1.807, 2.05) is 37.3 Å². The molecule has 0 saturated carbocycles. The molecular formula is C20H20N6O. The number of aromatic amines is 1. The molecular weight excluding hydrogens is 340 g/mol. The Morgan fingerprint density at radius 3 is 2.63 bits per heavy atom. The lowest BCUT2D eigenvalue weighted by Crippen LogP contribution is -2.28. The lowest BCUT2D eigenvalue weighted by Gasteiger charge is -2.16. The summed E-state index contributed by atoms with van der Waals surface area (Å²) in [5.74, 6) is 1.08. The first kappa shape index (κ1) is 17.0. The third-order valence-electron chi connectivity index (χ3n) is 4.68. The molecule has 1 aromatic carbocycles. The summed E-state index contributed by atoms with van der Waals surface area (Å²) in [5.41, 5.74) is 10.5. The van der Waals surface area contributed by atoms with Gasteiger partial charge in [-0.25, -0.2) is 9.97 Å². The van der Waals surface area contributed by atoms with Crippen LogP contribution in [-0.2, 0) is 11.3 Å². The van der Waals surface area contributed by atoms with Gasteiger partial charge in [0.05, 0.1) is 17.6 Å². The SMILES string of the molecule is CCN(Cc1nc2c(N)nc3cc(-c4ccncc4)ccc3c2[nH]1)C(C)=O. The summed E-state index contributed by atoms with van der Waals surface area (Å²) in [6.07, 6.45) is 3.53. The van der Waals surface area contributed by atoms with Crippen LogP contribution in [0.2, 0.25) is 0 Å². The largest absolute Gasteiger partial charge is 0.382 e. The summed E-state index contributed by atoms with van der Waals surface area (Å²) >= 11 is 0. The normalized spacial score (nSPS) is 11.2. The molecule has 3 N–H and O–H groups in total. The molecule has 0 unspecified atom stereocenters. The number of imidazole rings is 1. The molecule has 4 aromatic rings. The van der Waals surface area contributed by atoms with Gasteiger partial charge in [-0.05, 0) is 36.2 Å². The standard InChI is InChI=1S/C20H20N6O/c1-3-26(12(2)27)11-17-24-18-15-5-4-14(13-6-8-22-9-7-13)10-16(15)23-20(21)19(18)25-17/h4-10H,3,11H2,1-2H3,(H2,21,23)(H,24,25). The Balaban J connectivity index is 1.82. The second-order valence-corrected chi connectivity index (χ2v) is 6.41. The summed E-state index contributed by atoms with van der Waals surface area (Å²) in [7, 11) is 0. The highest BCUT2D eigenvalue weighted by atomic mass is 16.2. The van der Waals surface area contributed by atoms with Crippen molar-refractivity contribution in [3.8, 4) is 11.1 Å². The number of rotatable bonds is 4. The molecule has 3 heterocycles. The van der Waals surface area contributed by atoms with Gasteiger partial charge in [0.2, 0.25) is 5.91 Å². The lowest BCUT2D eigenvalue weighted by molar-refractivity contribution is -0.129. The molecule has 136 valence electrons. The number of H-pyrrole nitrogens is 1. The summed E-state index contributed by atoms with van der Waals surface area (Å²) < 4.78 is 0. The van der Waals surface area contributed by atoms with Gasteiger partial charge in [-0.1, -0.05) is 12.1 Å². The highest BCUT2D eigenvalue weighted by Gasteiger charge is 2.15. The predicted molar refractivity (Wildman–Crippen MR) is 106 cm³/mol. The number of amides is 1. The van der Waals surface area contributed by atoms with Crippen molar-refractivity contribution in [2.75, 3.05) is 12.3 Å². The number of nitrogens with zero attached hydrogens (tertiary/aromatic N) is 4. The number of nitrogen functional groups attached to an aromatic ring is 1. The number of fused-ring (bicyclic) bond motifs is 3. The van der Waals surface area contributed by atoms with Gasteiger partial charge in [0.15, 0.2) is 5.82 Å². The Kier molecular flexibility index (Phi) is 4.19. The highest BCUT2D eigenvalue weighted by Crippen LogP contribution is 2.30. The molecule has 0 aliphatic carbocycles. The Labute approximate surface area is 156 Å². The van der Waals surface area contributed by atoms with Crippen LogP contribution in [0.3, 0.4) is 0 Å². The van der Waals surface area contributed by atoms with Crippen molar-refractivity contribution in [1.29, 1.82) is 0 Å². The van der Waals surface area contributed by atoms with Gasteiger partial charge in [-0.2, -0.15) is 0 Å². The number of nitrogens with one attached hydrogen (secondary N) is 1. The van der Waals surface area contributed by atoms with E-state index >= 15 is 0 Å². The van der Waals surface area contributed by atoms with Crippen LogP contribution in [0.4, 0.5) is 5.82 Å². The number of hydrogen-bond donors (Lipinski definition) is 2. The first-order valence-electron chi connectivity index (χ1n) is 8.80. The van der Waals surface area contributed by atoms with Crippen molar-refractivity contribution in [3.05, 3.63) is 48.5 Å². The molecule has 7 heteroatoms. The average molecular weight is 360 g/mol. The smallest absolute Gasteiger partial charge is 0.219 e. The number of nitrogens with two attached hydrogens (primary N) is 1. The Morgan fingerprint density at radius 1 is 1.15 bits per heavy atom. The molecule has 1 amide bonds. The number of carbonyl (C=O) groups is 1. The first-order valence-corrected chi connectivity index (χ1v) is 8.80. The summed E-state index contributed by atoms with van der Waals surface area (Å²) in [4.78, 5) is 29.9. The van der Waals surface area contributed by atoms with Crippen LogP contribution in [0.1, 0.15) is 19.7 Å². The maximum absolute atomic E-state index is 11.7. The van der Waals surface area contributed by atoms with Gasteiger partial charge < -0.3 is 15.6 Å². The van der Waals surface area contributed by atoms with Crippen molar-refractivity contribution >= 4 is 33.7 Å². The van der Waals surface area contributed by atoms with E-state index in [1.54, 1.807) is 24.2 Å². The van der Waals surface area contributed by atoms with Gasteiger partial charge in [0, 0.05) is 31.2 Å². The molecule has 3 aromatic heterocycles. The van der Waals surface area contributed by atoms with Crippen molar-refractivity contribution in [3.63, 3.8) is 0 Å². The van der Waals surface area contributed by atoms with E-state index in [0.29, 0.717) is 30.2 Å². The molecule has 0 saturated heterocycles. The summed E-state index contributed by atoms with van der Waals surface area (Å²) in [5, 5.41) is 0.946. The fourth-order valence-electron chi connectivity index (χ4n) is 3.25. The van der Waals surface area contributed by atoms with E-state index in [1.165, 1.54) is 0 Å². The van der Waals surface area contributed by atoms with Crippen LogP contribution >= 0.6 is 0 Å². The number of benzene rings is 1. The van der Waals surface area contributed by atoms with Crippen LogP contribution in [0.5, 0.6) is 0 Å². The second kappa shape index (κ2) is 6.68. The van der Waals surface area contributed by atoms with E-state index in [0.717, 1.165) is 27.5 Å². The topological polar surface area (TPSA) is 101 Å². The molecule has 27 heavy (non-hydrogen) atoms. The molecule has 0 spiro atoms.